The fourth-order valence-corrected chi connectivity index (χ4v) is 2.58. The third kappa shape index (κ3) is 1.95. The summed E-state index contributed by atoms with van der Waals surface area (Å²) in [5.41, 5.74) is 0.686. The standard InChI is InChI=1S/C9H7BrN2O2S/c1-12-4-5(11-8(12)9(13)14)6-2-3-7(10)15-6/h2-4H,1H3,(H,13,14). The summed E-state index contributed by atoms with van der Waals surface area (Å²) in [7, 11) is 1.67. The maximum atomic E-state index is 10.8. The van der Waals surface area contributed by atoms with Crippen LogP contribution in [0.4, 0.5) is 0 Å². The summed E-state index contributed by atoms with van der Waals surface area (Å²) in [5, 5.41) is 8.84. The Kier molecular flexibility index (Phi) is 2.62. The minimum atomic E-state index is -1.01. The molecule has 2 heterocycles. The Morgan fingerprint density at radius 2 is 2.33 bits per heavy atom. The molecule has 1 N–H and O–H groups in total. The molecule has 0 fully saturated rings. The van der Waals surface area contributed by atoms with Crippen molar-refractivity contribution in [3.8, 4) is 10.6 Å². The summed E-state index contributed by atoms with van der Waals surface area (Å²) in [6.45, 7) is 0. The van der Waals surface area contributed by atoms with E-state index in [1.807, 2.05) is 12.1 Å². The van der Waals surface area contributed by atoms with E-state index in [1.54, 1.807) is 13.2 Å². The molecule has 0 aromatic carbocycles. The number of nitrogens with zero attached hydrogens (tertiary/aromatic N) is 2. The van der Waals surface area contributed by atoms with E-state index in [0.29, 0.717) is 5.69 Å². The van der Waals surface area contributed by atoms with Crippen LogP contribution in [0.2, 0.25) is 0 Å². The summed E-state index contributed by atoms with van der Waals surface area (Å²) < 4.78 is 2.51. The first-order valence-corrected chi connectivity index (χ1v) is 5.71. The lowest BCUT2D eigenvalue weighted by molar-refractivity contribution is 0.0680. The van der Waals surface area contributed by atoms with Gasteiger partial charge < -0.3 is 9.67 Å². The zero-order valence-electron chi connectivity index (χ0n) is 7.77. The largest absolute Gasteiger partial charge is 0.475 e. The van der Waals surface area contributed by atoms with E-state index in [9.17, 15) is 4.79 Å². The van der Waals surface area contributed by atoms with Crippen molar-refractivity contribution in [2.24, 2.45) is 7.05 Å². The van der Waals surface area contributed by atoms with Crippen LogP contribution in [-0.4, -0.2) is 20.6 Å². The number of carboxylic acid groups (broad SMARTS) is 1. The third-order valence-electron chi connectivity index (χ3n) is 1.89. The van der Waals surface area contributed by atoms with E-state index >= 15 is 0 Å². The molecule has 0 saturated heterocycles. The Morgan fingerprint density at radius 1 is 1.60 bits per heavy atom. The molecule has 2 aromatic rings. The van der Waals surface area contributed by atoms with E-state index in [2.05, 4.69) is 20.9 Å². The number of hydrogen-bond acceptors (Lipinski definition) is 3. The predicted octanol–water partition coefficient (Wildman–Crippen LogP) is 2.61. The first kappa shape index (κ1) is 10.4. The second kappa shape index (κ2) is 3.79. The maximum absolute atomic E-state index is 10.8. The Morgan fingerprint density at radius 3 is 2.80 bits per heavy atom. The van der Waals surface area contributed by atoms with E-state index in [4.69, 9.17) is 5.11 Å². The van der Waals surface area contributed by atoms with Crippen molar-refractivity contribution in [2.75, 3.05) is 0 Å². The molecule has 78 valence electrons. The number of aromatic carboxylic acids is 1. The van der Waals surface area contributed by atoms with Crippen molar-refractivity contribution in [1.82, 2.24) is 9.55 Å². The van der Waals surface area contributed by atoms with Crippen molar-refractivity contribution < 1.29 is 9.90 Å². The summed E-state index contributed by atoms with van der Waals surface area (Å²) in [4.78, 5) is 15.8. The number of carboxylic acids is 1. The molecule has 0 atom stereocenters. The number of rotatable bonds is 2. The minimum absolute atomic E-state index is 0.0505. The van der Waals surface area contributed by atoms with Gasteiger partial charge in [0.15, 0.2) is 0 Å². The second-order valence-electron chi connectivity index (χ2n) is 2.97. The molecule has 0 bridgehead atoms. The minimum Gasteiger partial charge on any atom is -0.475 e. The molecule has 0 saturated carbocycles. The highest BCUT2D eigenvalue weighted by Gasteiger charge is 2.13. The van der Waals surface area contributed by atoms with E-state index in [1.165, 1.54) is 15.9 Å². The maximum Gasteiger partial charge on any atom is 0.372 e. The lowest BCUT2D eigenvalue weighted by atomic mass is 10.4. The van der Waals surface area contributed by atoms with E-state index < -0.39 is 5.97 Å². The van der Waals surface area contributed by atoms with Crippen LogP contribution < -0.4 is 0 Å². The Labute approximate surface area is 98.3 Å². The second-order valence-corrected chi connectivity index (χ2v) is 5.43. The van der Waals surface area contributed by atoms with Gasteiger partial charge in [0.1, 0.15) is 0 Å². The first-order valence-electron chi connectivity index (χ1n) is 4.10. The number of aryl methyl sites for hydroxylation is 1. The molecular formula is C9H7BrN2O2S. The quantitative estimate of drug-likeness (QED) is 0.923. The Bertz CT molecular complexity index is 518. The van der Waals surface area contributed by atoms with Gasteiger partial charge in [-0.25, -0.2) is 9.78 Å². The topological polar surface area (TPSA) is 55.1 Å². The summed E-state index contributed by atoms with van der Waals surface area (Å²) in [5.74, 6) is -0.964. The molecule has 0 radical (unpaired) electrons. The van der Waals surface area contributed by atoms with E-state index in [-0.39, 0.29) is 5.82 Å². The van der Waals surface area contributed by atoms with Crippen LogP contribution in [0.15, 0.2) is 22.1 Å². The fourth-order valence-electron chi connectivity index (χ4n) is 1.24. The molecule has 2 rings (SSSR count). The highest BCUT2D eigenvalue weighted by atomic mass is 79.9. The molecule has 4 nitrogen and oxygen atoms in total. The zero-order valence-corrected chi connectivity index (χ0v) is 10.2. The van der Waals surface area contributed by atoms with Gasteiger partial charge in [-0.2, -0.15) is 0 Å². The molecule has 0 aliphatic rings. The van der Waals surface area contributed by atoms with Gasteiger partial charge in [-0.3, -0.25) is 0 Å². The molecule has 6 heteroatoms. The number of aromatic nitrogens is 2. The van der Waals surface area contributed by atoms with Gasteiger partial charge in [0.25, 0.3) is 0 Å². The number of carbonyl (C=O) groups is 1. The molecule has 0 unspecified atom stereocenters. The van der Waals surface area contributed by atoms with Crippen molar-refractivity contribution in [2.45, 2.75) is 0 Å². The predicted molar refractivity (Wildman–Crippen MR) is 61.2 cm³/mol. The zero-order chi connectivity index (χ0) is 11.0. The summed E-state index contributed by atoms with van der Waals surface area (Å²) in [6.07, 6.45) is 1.71. The van der Waals surface area contributed by atoms with Gasteiger partial charge in [-0.15, -0.1) is 11.3 Å². The van der Waals surface area contributed by atoms with Gasteiger partial charge in [0, 0.05) is 13.2 Å². The average Bonchev–Trinajstić information content (AvgIpc) is 2.71. The monoisotopic (exact) mass is 286 g/mol. The molecular weight excluding hydrogens is 280 g/mol. The van der Waals surface area contributed by atoms with Gasteiger partial charge in [0.05, 0.1) is 14.4 Å². The number of thiophene rings is 1. The van der Waals surface area contributed by atoms with Gasteiger partial charge in [0.2, 0.25) is 5.82 Å². The molecule has 15 heavy (non-hydrogen) atoms. The molecule has 0 amide bonds. The molecule has 2 aromatic heterocycles. The lowest BCUT2D eigenvalue weighted by Gasteiger charge is -1.90. The molecule has 0 spiro atoms. The number of hydrogen-bond donors (Lipinski definition) is 1. The van der Waals surface area contributed by atoms with Gasteiger partial charge >= 0.3 is 5.97 Å². The Hall–Kier alpha value is -1.14. The van der Waals surface area contributed by atoms with Crippen LogP contribution in [0.1, 0.15) is 10.6 Å². The molecule has 0 aliphatic heterocycles. The average molecular weight is 287 g/mol. The SMILES string of the molecule is Cn1cc(-c2ccc(Br)s2)nc1C(=O)O. The fraction of sp³-hybridized carbons (Fsp3) is 0.111. The summed E-state index contributed by atoms with van der Waals surface area (Å²) >= 11 is 4.87. The molecule has 0 aliphatic carbocycles. The van der Waals surface area contributed by atoms with Gasteiger partial charge in [-0.1, -0.05) is 0 Å². The highest BCUT2D eigenvalue weighted by molar-refractivity contribution is 9.11. The van der Waals surface area contributed by atoms with E-state index in [0.717, 1.165) is 8.66 Å². The third-order valence-corrected chi connectivity index (χ3v) is 3.54. The van der Waals surface area contributed by atoms with Crippen LogP contribution in [0.25, 0.3) is 10.6 Å². The van der Waals surface area contributed by atoms with Crippen LogP contribution in [0.5, 0.6) is 0 Å². The number of imidazole rings is 1. The summed E-state index contributed by atoms with van der Waals surface area (Å²) in [6, 6.07) is 3.82. The van der Waals surface area contributed by atoms with Crippen LogP contribution in [0, 0.1) is 0 Å². The first-order chi connectivity index (χ1) is 7.08. The highest BCUT2D eigenvalue weighted by Crippen LogP contribution is 2.30. The van der Waals surface area contributed by atoms with Crippen molar-refractivity contribution in [3.05, 3.63) is 27.9 Å². The van der Waals surface area contributed by atoms with Crippen LogP contribution in [0.3, 0.4) is 0 Å². The van der Waals surface area contributed by atoms with Crippen LogP contribution in [-0.2, 0) is 7.05 Å². The van der Waals surface area contributed by atoms with Crippen molar-refractivity contribution in [3.63, 3.8) is 0 Å². The number of halogens is 1. The van der Waals surface area contributed by atoms with Crippen molar-refractivity contribution >= 4 is 33.2 Å². The Balaban J connectivity index is 2.46. The smallest absolute Gasteiger partial charge is 0.372 e. The van der Waals surface area contributed by atoms with Crippen LogP contribution >= 0.6 is 27.3 Å². The van der Waals surface area contributed by atoms with Crippen molar-refractivity contribution in [1.29, 1.82) is 0 Å². The lowest BCUT2D eigenvalue weighted by Crippen LogP contribution is -2.04. The van der Waals surface area contributed by atoms with Gasteiger partial charge in [-0.05, 0) is 28.1 Å². The normalized spacial score (nSPS) is 10.5.